The Morgan fingerprint density at radius 1 is 1.24 bits per heavy atom. The fourth-order valence-electron chi connectivity index (χ4n) is 2.30. The van der Waals surface area contributed by atoms with Gasteiger partial charge >= 0.3 is 0 Å². The van der Waals surface area contributed by atoms with Gasteiger partial charge in [-0.15, -0.1) is 11.3 Å². The third-order valence-corrected chi connectivity index (χ3v) is 4.60. The van der Waals surface area contributed by atoms with Crippen molar-refractivity contribution in [3.8, 4) is 0 Å². The molecule has 4 nitrogen and oxygen atoms in total. The van der Waals surface area contributed by atoms with Crippen LogP contribution in [0, 0.1) is 0 Å². The molecule has 0 fully saturated rings. The van der Waals surface area contributed by atoms with Crippen LogP contribution in [0.4, 0.5) is 5.13 Å². The maximum absolute atomic E-state index is 12.2. The number of fused-ring (bicyclic) bond motifs is 1. The molecular formula is C16H19N3OS. The van der Waals surface area contributed by atoms with Crippen molar-refractivity contribution in [2.45, 2.75) is 39.3 Å². The van der Waals surface area contributed by atoms with Gasteiger partial charge in [-0.25, -0.2) is 4.98 Å². The molecule has 3 rings (SSSR count). The van der Waals surface area contributed by atoms with E-state index in [9.17, 15) is 4.79 Å². The van der Waals surface area contributed by atoms with E-state index in [0.29, 0.717) is 10.7 Å². The zero-order chi connectivity index (χ0) is 15.0. The van der Waals surface area contributed by atoms with E-state index >= 15 is 0 Å². The van der Waals surface area contributed by atoms with Crippen LogP contribution in [0.5, 0.6) is 0 Å². The normalized spacial score (nSPS) is 14.0. The summed E-state index contributed by atoms with van der Waals surface area (Å²) >= 11 is 1.55. The molecule has 0 aliphatic carbocycles. The topological polar surface area (TPSA) is 54.0 Å². The molecule has 0 radical (unpaired) electrons. The molecule has 21 heavy (non-hydrogen) atoms. The number of nitrogens with one attached hydrogen (secondary N) is 2. The molecule has 1 aromatic heterocycles. The first kappa shape index (κ1) is 14.2. The second-order valence-corrected chi connectivity index (χ2v) is 7.36. The van der Waals surface area contributed by atoms with Gasteiger partial charge in [0.2, 0.25) is 0 Å². The number of nitrogens with zero attached hydrogens (tertiary/aromatic N) is 1. The van der Waals surface area contributed by atoms with Crippen molar-refractivity contribution in [3.05, 3.63) is 46.0 Å². The van der Waals surface area contributed by atoms with Gasteiger partial charge in [0.05, 0.1) is 5.69 Å². The summed E-state index contributed by atoms with van der Waals surface area (Å²) in [7, 11) is 0. The van der Waals surface area contributed by atoms with Crippen molar-refractivity contribution >= 4 is 22.4 Å². The molecule has 0 spiro atoms. The summed E-state index contributed by atoms with van der Waals surface area (Å²) in [5.41, 5.74) is 3.03. The van der Waals surface area contributed by atoms with Crippen molar-refractivity contribution < 1.29 is 4.79 Å². The zero-order valence-corrected chi connectivity index (χ0v) is 13.3. The maximum atomic E-state index is 12.2. The molecule has 2 aromatic rings. The van der Waals surface area contributed by atoms with Crippen LogP contribution in [-0.4, -0.2) is 10.9 Å². The SMILES string of the molecule is CC(C)(C)c1ccc(C(=O)Nc2nc3c(s2)CNC3)cc1. The van der Waals surface area contributed by atoms with Crippen molar-refractivity contribution in [2.24, 2.45) is 0 Å². The van der Waals surface area contributed by atoms with Gasteiger partial charge in [-0.2, -0.15) is 0 Å². The highest BCUT2D eigenvalue weighted by Crippen LogP contribution is 2.27. The molecular weight excluding hydrogens is 282 g/mol. The Kier molecular flexibility index (Phi) is 3.55. The van der Waals surface area contributed by atoms with Crippen molar-refractivity contribution in [1.29, 1.82) is 0 Å². The minimum Gasteiger partial charge on any atom is -0.306 e. The fraction of sp³-hybridized carbons (Fsp3) is 0.375. The molecule has 5 heteroatoms. The number of carbonyl (C=O) groups is 1. The molecule has 1 amide bonds. The van der Waals surface area contributed by atoms with E-state index < -0.39 is 0 Å². The maximum Gasteiger partial charge on any atom is 0.257 e. The number of aromatic nitrogens is 1. The van der Waals surface area contributed by atoms with Gasteiger partial charge in [0, 0.05) is 23.5 Å². The Hall–Kier alpha value is -1.72. The van der Waals surface area contributed by atoms with Gasteiger partial charge in [-0.3, -0.25) is 10.1 Å². The molecule has 1 aliphatic heterocycles. The quantitative estimate of drug-likeness (QED) is 0.895. The largest absolute Gasteiger partial charge is 0.306 e. The van der Waals surface area contributed by atoms with E-state index in [1.807, 2.05) is 24.3 Å². The van der Waals surface area contributed by atoms with Gasteiger partial charge < -0.3 is 5.32 Å². The lowest BCUT2D eigenvalue weighted by Crippen LogP contribution is -2.14. The van der Waals surface area contributed by atoms with E-state index in [4.69, 9.17) is 0 Å². The van der Waals surface area contributed by atoms with E-state index in [1.54, 1.807) is 11.3 Å². The molecule has 0 unspecified atom stereocenters. The monoisotopic (exact) mass is 301 g/mol. The van der Waals surface area contributed by atoms with Gasteiger partial charge in [-0.1, -0.05) is 32.9 Å². The number of amides is 1. The molecule has 110 valence electrons. The standard InChI is InChI=1S/C16H19N3OS/c1-16(2,3)11-6-4-10(5-7-11)14(20)19-15-18-12-8-17-9-13(12)21-15/h4-7,17H,8-9H2,1-3H3,(H,18,19,20). The van der Waals surface area contributed by atoms with Crippen LogP contribution in [0.2, 0.25) is 0 Å². The van der Waals surface area contributed by atoms with E-state index in [2.05, 4.69) is 36.4 Å². The Morgan fingerprint density at radius 2 is 1.95 bits per heavy atom. The van der Waals surface area contributed by atoms with Crippen LogP contribution in [0.25, 0.3) is 0 Å². The number of benzene rings is 1. The van der Waals surface area contributed by atoms with Gasteiger partial charge in [0.25, 0.3) is 5.91 Å². The van der Waals surface area contributed by atoms with Crippen molar-refractivity contribution in [3.63, 3.8) is 0 Å². The summed E-state index contributed by atoms with van der Waals surface area (Å²) in [5, 5.41) is 6.81. The average Bonchev–Trinajstić information content (AvgIpc) is 2.98. The van der Waals surface area contributed by atoms with Crippen LogP contribution < -0.4 is 10.6 Å². The second-order valence-electron chi connectivity index (χ2n) is 6.27. The smallest absolute Gasteiger partial charge is 0.257 e. The van der Waals surface area contributed by atoms with Gasteiger partial charge in [0.1, 0.15) is 0 Å². The zero-order valence-electron chi connectivity index (χ0n) is 12.5. The Balaban J connectivity index is 1.73. The molecule has 2 heterocycles. The lowest BCUT2D eigenvalue weighted by Gasteiger charge is -2.18. The summed E-state index contributed by atoms with van der Waals surface area (Å²) < 4.78 is 0. The second kappa shape index (κ2) is 5.24. The highest BCUT2D eigenvalue weighted by Gasteiger charge is 2.18. The lowest BCUT2D eigenvalue weighted by atomic mass is 9.87. The van der Waals surface area contributed by atoms with E-state index in [1.165, 1.54) is 10.4 Å². The predicted octanol–water partition coefficient (Wildman–Crippen LogP) is 3.30. The first-order chi connectivity index (χ1) is 9.93. The molecule has 0 saturated carbocycles. The number of anilines is 1. The van der Waals surface area contributed by atoms with Gasteiger partial charge in [-0.05, 0) is 23.1 Å². The molecule has 1 aromatic carbocycles. The Morgan fingerprint density at radius 3 is 2.57 bits per heavy atom. The van der Waals surface area contributed by atoms with Gasteiger partial charge in [0.15, 0.2) is 5.13 Å². The first-order valence-electron chi connectivity index (χ1n) is 7.05. The molecule has 1 aliphatic rings. The molecule has 0 saturated heterocycles. The van der Waals surface area contributed by atoms with E-state index in [-0.39, 0.29) is 11.3 Å². The lowest BCUT2D eigenvalue weighted by molar-refractivity contribution is 0.102. The third kappa shape index (κ3) is 2.99. The van der Waals surface area contributed by atoms with E-state index in [0.717, 1.165) is 18.8 Å². The highest BCUT2D eigenvalue weighted by atomic mass is 32.1. The number of hydrogen-bond acceptors (Lipinski definition) is 4. The molecule has 0 atom stereocenters. The summed E-state index contributed by atoms with van der Waals surface area (Å²) in [5.74, 6) is -0.101. The van der Waals surface area contributed by atoms with Crippen LogP contribution in [-0.2, 0) is 18.5 Å². The third-order valence-electron chi connectivity index (χ3n) is 3.59. The first-order valence-corrected chi connectivity index (χ1v) is 7.86. The Bertz CT molecular complexity index is 646. The highest BCUT2D eigenvalue weighted by molar-refractivity contribution is 7.15. The van der Waals surface area contributed by atoms with Crippen molar-refractivity contribution in [1.82, 2.24) is 10.3 Å². The number of rotatable bonds is 2. The van der Waals surface area contributed by atoms with Crippen LogP contribution in [0.15, 0.2) is 24.3 Å². The summed E-state index contributed by atoms with van der Waals surface area (Å²) in [6.45, 7) is 8.12. The fourth-order valence-corrected chi connectivity index (χ4v) is 3.24. The number of hydrogen-bond donors (Lipinski definition) is 2. The summed E-state index contributed by atoms with van der Waals surface area (Å²) in [4.78, 5) is 17.9. The number of thiazole rings is 1. The molecule has 0 bridgehead atoms. The summed E-state index contributed by atoms with van der Waals surface area (Å²) in [6.07, 6.45) is 0. The van der Waals surface area contributed by atoms with Crippen LogP contribution in [0.3, 0.4) is 0 Å². The Labute approximate surface area is 128 Å². The van der Waals surface area contributed by atoms with Crippen LogP contribution >= 0.6 is 11.3 Å². The average molecular weight is 301 g/mol. The predicted molar refractivity (Wildman–Crippen MR) is 85.8 cm³/mol. The summed E-state index contributed by atoms with van der Waals surface area (Å²) in [6, 6.07) is 7.78. The molecule has 2 N–H and O–H groups in total. The van der Waals surface area contributed by atoms with Crippen LogP contribution in [0.1, 0.15) is 47.3 Å². The number of carbonyl (C=O) groups excluding carboxylic acids is 1. The minimum absolute atomic E-state index is 0.0954. The minimum atomic E-state index is -0.101. The van der Waals surface area contributed by atoms with Crippen molar-refractivity contribution in [2.75, 3.05) is 5.32 Å².